The highest BCUT2D eigenvalue weighted by atomic mass is 19.1. The number of carbonyl (C=O) groups excluding carboxylic acids is 1. The summed E-state index contributed by atoms with van der Waals surface area (Å²) in [6.45, 7) is 0.171. The number of cyclic esters (lactones) is 1. The minimum absolute atomic E-state index is 0.171. The molecule has 1 aromatic carbocycles. The van der Waals surface area contributed by atoms with Crippen LogP contribution in [0.1, 0.15) is 16.1 Å². The summed E-state index contributed by atoms with van der Waals surface area (Å²) in [6.07, 6.45) is 3.55. The Morgan fingerprint density at radius 1 is 1.08 bits per heavy atom. The van der Waals surface area contributed by atoms with Crippen LogP contribution in [0.3, 0.4) is 0 Å². The third-order valence-electron chi connectivity index (χ3n) is 4.48. The molecule has 0 saturated carbocycles. The molecule has 3 aromatic heterocycles. The van der Waals surface area contributed by atoms with E-state index in [-0.39, 0.29) is 18.4 Å². The second kappa shape index (κ2) is 5.49. The zero-order chi connectivity index (χ0) is 17.7. The van der Waals surface area contributed by atoms with Crippen molar-refractivity contribution in [1.82, 2.24) is 14.4 Å². The van der Waals surface area contributed by atoms with Gasteiger partial charge in [0, 0.05) is 23.5 Å². The van der Waals surface area contributed by atoms with E-state index in [4.69, 9.17) is 9.72 Å². The molecule has 5 nitrogen and oxygen atoms in total. The Morgan fingerprint density at radius 2 is 1.92 bits per heavy atom. The number of benzene rings is 1. The fourth-order valence-corrected chi connectivity index (χ4v) is 3.31. The molecule has 6 heteroatoms. The van der Waals surface area contributed by atoms with E-state index in [0.717, 1.165) is 16.9 Å². The minimum atomic E-state index is -0.390. The van der Waals surface area contributed by atoms with Crippen LogP contribution < -0.4 is 0 Å². The molecule has 0 N–H and O–H groups in total. The van der Waals surface area contributed by atoms with Gasteiger partial charge in [-0.3, -0.25) is 9.38 Å². The van der Waals surface area contributed by atoms with Crippen molar-refractivity contribution in [3.63, 3.8) is 0 Å². The van der Waals surface area contributed by atoms with E-state index in [1.54, 1.807) is 24.4 Å². The lowest BCUT2D eigenvalue weighted by atomic mass is 10.0. The SMILES string of the molecule is O=C1OCc2nccc(-c3c(-c4ccc(F)cc4)nc4ccccn34)c21. The van der Waals surface area contributed by atoms with Gasteiger partial charge in [0.2, 0.25) is 0 Å². The standard InChI is InChI=1S/C20H12FN3O2/c21-13-6-4-12(5-7-13)18-19(24-10-2-1-3-16(24)23-18)14-8-9-22-15-11-26-20(25)17(14)15/h1-10H,11H2. The van der Waals surface area contributed by atoms with Crippen molar-refractivity contribution in [2.24, 2.45) is 0 Å². The van der Waals surface area contributed by atoms with Gasteiger partial charge in [-0.1, -0.05) is 6.07 Å². The van der Waals surface area contributed by atoms with E-state index in [0.29, 0.717) is 22.5 Å². The van der Waals surface area contributed by atoms with Crippen LogP contribution in [0, 0.1) is 5.82 Å². The number of nitrogens with zero attached hydrogens (tertiary/aromatic N) is 3. The molecule has 0 saturated heterocycles. The number of ether oxygens (including phenoxy) is 1. The van der Waals surface area contributed by atoms with Gasteiger partial charge in [0.05, 0.1) is 22.6 Å². The summed E-state index contributed by atoms with van der Waals surface area (Å²) in [5.41, 5.74) is 4.70. The average Bonchev–Trinajstić information content (AvgIpc) is 3.23. The van der Waals surface area contributed by atoms with Gasteiger partial charge >= 0.3 is 5.97 Å². The highest BCUT2D eigenvalue weighted by molar-refractivity contribution is 6.01. The fourth-order valence-electron chi connectivity index (χ4n) is 3.31. The van der Waals surface area contributed by atoms with E-state index >= 15 is 0 Å². The van der Waals surface area contributed by atoms with E-state index < -0.39 is 0 Å². The monoisotopic (exact) mass is 345 g/mol. The Hall–Kier alpha value is -3.54. The fraction of sp³-hybridized carbons (Fsp3) is 0.0500. The Kier molecular flexibility index (Phi) is 3.12. The zero-order valence-electron chi connectivity index (χ0n) is 13.5. The molecule has 0 atom stereocenters. The van der Waals surface area contributed by atoms with E-state index in [1.807, 2.05) is 28.8 Å². The van der Waals surface area contributed by atoms with Crippen molar-refractivity contribution in [1.29, 1.82) is 0 Å². The molecule has 0 fully saturated rings. The molecule has 5 rings (SSSR count). The number of imidazole rings is 1. The van der Waals surface area contributed by atoms with Crippen molar-refractivity contribution in [3.05, 3.63) is 78.0 Å². The van der Waals surface area contributed by atoms with Crippen LogP contribution in [0.15, 0.2) is 60.9 Å². The van der Waals surface area contributed by atoms with E-state index in [2.05, 4.69) is 4.98 Å². The van der Waals surface area contributed by atoms with Gasteiger partial charge in [-0.25, -0.2) is 14.2 Å². The summed E-state index contributed by atoms with van der Waals surface area (Å²) < 4.78 is 20.4. The van der Waals surface area contributed by atoms with Gasteiger partial charge in [0.25, 0.3) is 0 Å². The number of hydrogen-bond acceptors (Lipinski definition) is 4. The first-order valence-electron chi connectivity index (χ1n) is 8.11. The molecule has 1 aliphatic heterocycles. The van der Waals surface area contributed by atoms with Crippen molar-refractivity contribution in [2.45, 2.75) is 6.61 Å². The smallest absolute Gasteiger partial charge is 0.341 e. The van der Waals surface area contributed by atoms with Crippen LogP contribution in [-0.2, 0) is 11.3 Å². The second-order valence-corrected chi connectivity index (χ2v) is 6.00. The summed E-state index contributed by atoms with van der Waals surface area (Å²) in [6, 6.07) is 13.6. The Labute approximate surface area is 147 Å². The summed E-state index contributed by atoms with van der Waals surface area (Å²) in [7, 11) is 0. The van der Waals surface area contributed by atoms with Gasteiger partial charge in [0.15, 0.2) is 0 Å². The highest BCUT2D eigenvalue weighted by Gasteiger charge is 2.29. The quantitative estimate of drug-likeness (QED) is 0.518. The minimum Gasteiger partial charge on any atom is -0.455 e. The van der Waals surface area contributed by atoms with Crippen LogP contribution in [0.5, 0.6) is 0 Å². The van der Waals surface area contributed by atoms with E-state index in [9.17, 15) is 9.18 Å². The Balaban J connectivity index is 1.86. The molecular formula is C20H12FN3O2. The maximum atomic E-state index is 13.4. The average molecular weight is 345 g/mol. The molecule has 0 spiro atoms. The normalized spacial score (nSPS) is 13.0. The van der Waals surface area contributed by atoms with Crippen molar-refractivity contribution in [2.75, 3.05) is 0 Å². The molecule has 0 aliphatic carbocycles. The first-order valence-corrected chi connectivity index (χ1v) is 8.11. The summed E-state index contributed by atoms with van der Waals surface area (Å²) in [5, 5.41) is 0. The number of carbonyl (C=O) groups is 1. The van der Waals surface area contributed by atoms with E-state index in [1.165, 1.54) is 12.1 Å². The molecule has 0 unspecified atom stereocenters. The maximum Gasteiger partial charge on any atom is 0.341 e. The number of halogens is 1. The summed E-state index contributed by atoms with van der Waals surface area (Å²) >= 11 is 0. The summed E-state index contributed by atoms with van der Waals surface area (Å²) in [5.74, 6) is -0.702. The number of hydrogen-bond donors (Lipinski definition) is 0. The number of pyridine rings is 2. The van der Waals surface area contributed by atoms with Crippen molar-refractivity contribution in [3.8, 4) is 22.5 Å². The van der Waals surface area contributed by atoms with Gasteiger partial charge in [-0.05, 0) is 42.5 Å². The predicted octanol–water partition coefficient (Wildman–Crippen LogP) is 3.87. The van der Waals surface area contributed by atoms with Crippen LogP contribution in [-0.4, -0.2) is 20.3 Å². The Bertz CT molecular complexity index is 1170. The lowest BCUT2D eigenvalue weighted by Gasteiger charge is -2.08. The Morgan fingerprint density at radius 3 is 2.77 bits per heavy atom. The lowest BCUT2D eigenvalue weighted by molar-refractivity contribution is 0.0534. The molecule has 0 amide bonds. The molecule has 4 aromatic rings. The highest BCUT2D eigenvalue weighted by Crippen LogP contribution is 2.37. The maximum absolute atomic E-state index is 13.4. The summed E-state index contributed by atoms with van der Waals surface area (Å²) in [4.78, 5) is 21.2. The van der Waals surface area contributed by atoms with Gasteiger partial charge < -0.3 is 4.74 Å². The lowest BCUT2D eigenvalue weighted by Crippen LogP contribution is -2.01. The first-order chi connectivity index (χ1) is 12.7. The van der Waals surface area contributed by atoms with Crippen molar-refractivity contribution >= 4 is 11.6 Å². The first kappa shape index (κ1) is 14.8. The molecular weight excluding hydrogens is 333 g/mol. The van der Waals surface area contributed by atoms with Crippen LogP contribution in [0.4, 0.5) is 4.39 Å². The number of aromatic nitrogens is 3. The number of rotatable bonds is 2. The van der Waals surface area contributed by atoms with Crippen LogP contribution >= 0.6 is 0 Å². The van der Waals surface area contributed by atoms with Gasteiger partial charge in [-0.15, -0.1) is 0 Å². The second-order valence-electron chi connectivity index (χ2n) is 6.00. The largest absolute Gasteiger partial charge is 0.455 e. The van der Waals surface area contributed by atoms with Crippen molar-refractivity contribution < 1.29 is 13.9 Å². The number of esters is 1. The van der Waals surface area contributed by atoms with Crippen LogP contribution in [0.2, 0.25) is 0 Å². The third kappa shape index (κ3) is 2.12. The zero-order valence-corrected chi connectivity index (χ0v) is 13.5. The molecule has 26 heavy (non-hydrogen) atoms. The molecule has 1 aliphatic rings. The third-order valence-corrected chi connectivity index (χ3v) is 4.48. The van der Waals surface area contributed by atoms with Gasteiger partial charge in [0.1, 0.15) is 18.1 Å². The molecule has 126 valence electrons. The topological polar surface area (TPSA) is 56.5 Å². The predicted molar refractivity (Wildman–Crippen MR) is 92.9 cm³/mol. The molecule has 0 bridgehead atoms. The van der Waals surface area contributed by atoms with Crippen LogP contribution in [0.25, 0.3) is 28.2 Å². The molecule has 0 radical (unpaired) electrons. The number of fused-ring (bicyclic) bond motifs is 2. The van der Waals surface area contributed by atoms with Gasteiger partial charge in [-0.2, -0.15) is 0 Å². The molecule has 4 heterocycles.